The number of amides is 1. The number of aryl methyl sites for hydroxylation is 1. The van der Waals surface area contributed by atoms with Crippen LogP contribution >= 0.6 is 11.6 Å². The van der Waals surface area contributed by atoms with Gasteiger partial charge in [-0.1, -0.05) is 23.7 Å². The number of aliphatic imine (C=N–C) groups is 1. The van der Waals surface area contributed by atoms with Gasteiger partial charge in [-0.05, 0) is 73.9 Å². The summed E-state index contributed by atoms with van der Waals surface area (Å²) < 4.78 is 41.4. The number of hydrogen-bond donors (Lipinski definition) is 3. The van der Waals surface area contributed by atoms with E-state index < -0.39 is 15.8 Å². The molecule has 43 heavy (non-hydrogen) atoms. The van der Waals surface area contributed by atoms with Crippen molar-refractivity contribution in [2.45, 2.75) is 43.4 Å². The molecule has 1 amide bonds. The van der Waals surface area contributed by atoms with Gasteiger partial charge in [-0.2, -0.15) is 9.29 Å². The molecule has 3 aliphatic rings. The number of halogens is 2. The fourth-order valence-corrected chi connectivity index (χ4v) is 7.32. The fraction of sp³-hybridized carbons (Fsp3) is 0.333. The van der Waals surface area contributed by atoms with Crippen molar-refractivity contribution in [2.75, 3.05) is 29.0 Å². The molecule has 0 saturated carbocycles. The van der Waals surface area contributed by atoms with E-state index in [0.717, 1.165) is 41.5 Å². The second kappa shape index (κ2) is 12.4. The van der Waals surface area contributed by atoms with Crippen molar-refractivity contribution in [3.05, 3.63) is 77.0 Å². The summed E-state index contributed by atoms with van der Waals surface area (Å²) in [6.45, 7) is 0.476. The van der Waals surface area contributed by atoms with E-state index in [4.69, 9.17) is 11.6 Å². The normalized spacial score (nSPS) is 19.1. The lowest BCUT2D eigenvalue weighted by Crippen LogP contribution is -2.39. The molecule has 2 aromatic carbocycles. The number of benzene rings is 2. The summed E-state index contributed by atoms with van der Waals surface area (Å²) in [6.07, 6.45) is 8.84. The number of sulfonamides is 1. The minimum absolute atomic E-state index is 0.0170. The zero-order valence-corrected chi connectivity index (χ0v) is 24.8. The molecule has 1 saturated heterocycles. The van der Waals surface area contributed by atoms with Crippen molar-refractivity contribution in [1.29, 1.82) is 0 Å². The Hall–Kier alpha value is -3.87. The number of nitrogens with one attached hydrogen (secondary N) is 3. The molecule has 3 aromatic rings. The highest BCUT2D eigenvalue weighted by Crippen LogP contribution is 2.32. The summed E-state index contributed by atoms with van der Waals surface area (Å²) in [5.41, 5.74) is 3.37. The van der Waals surface area contributed by atoms with Crippen LogP contribution in [0.3, 0.4) is 0 Å². The number of allylic oxidation sites excluding steroid dienone is 1. The number of rotatable bonds is 5. The van der Waals surface area contributed by atoms with Gasteiger partial charge in [-0.3, -0.25) is 9.79 Å². The molecule has 4 heterocycles. The lowest BCUT2D eigenvalue weighted by atomic mass is 9.93. The molecule has 1 aromatic heterocycles. The summed E-state index contributed by atoms with van der Waals surface area (Å²) in [5.74, 6) is 0.207. The molecule has 224 valence electrons. The number of nitrogens with zero attached hydrogens (tertiary/aromatic N) is 4. The van der Waals surface area contributed by atoms with Crippen molar-refractivity contribution >= 4 is 56.9 Å². The highest BCUT2D eigenvalue weighted by atomic mass is 35.5. The van der Waals surface area contributed by atoms with E-state index in [9.17, 15) is 17.6 Å². The van der Waals surface area contributed by atoms with Gasteiger partial charge in [0.1, 0.15) is 15.7 Å². The standard InChI is InChI=1S/C30H31ClFN7O3S/c31-24-18-34-30-36-23-13-20(16-33-17-23)5-6-21-15-22(35-29(24)38-30)7-8-26(21)37-28(40)14-19-9-11-39(12-10-19)43(41,42)27-4-2-1-3-25(27)32/h1-4,7-8,15-20H,5-6,9-14H2,(H,37,40)(H2,34,35,36,38). The first-order chi connectivity index (χ1) is 20.7. The minimum Gasteiger partial charge on any atom is -0.339 e. The Kier molecular flexibility index (Phi) is 8.42. The van der Waals surface area contributed by atoms with E-state index in [1.165, 1.54) is 22.5 Å². The van der Waals surface area contributed by atoms with Gasteiger partial charge < -0.3 is 16.0 Å². The van der Waals surface area contributed by atoms with Crippen LogP contribution in [0.1, 0.15) is 37.7 Å². The topological polar surface area (TPSA) is 129 Å². The van der Waals surface area contributed by atoms with E-state index in [0.29, 0.717) is 36.1 Å². The van der Waals surface area contributed by atoms with Gasteiger partial charge in [0.05, 0.1) is 6.20 Å². The number of anilines is 4. The Morgan fingerprint density at radius 1 is 1.12 bits per heavy atom. The predicted octanol–water partition coefficient (Wildman–Crippen LogP) is 5.73. The van der Waals surface area contributed by atoms with E-state index in [1.807, 2.05) is 24.4 Å². The van der Waals surface area contributed by atoms with E-state index in [2.05, 4.69) is 30.9 Å². The summed E-state index contributed by atoms with van der Waals surface area (Å²) in [5, 5.41) is 9.96. The molecular weight excluding hydrogens is 593 g/mol. The van der Waals surface area contributed by atoms with Gasteiger partial charge in [-0.25, -0.2) is 17.8 Å². The SMILES string of the molecule is O=C(CC1CCN(S(=O)(=O)c2ccccc2F)CC1)Nc1ccc2cc1CCC1C=NC=C(C1)Nc1ncc(Cl)c(n1)N2. The molecule has 13 heteroatoms. The first kappa shape index (κ1) is 29.2. The van der Waals surface area contributed by atoms with Gasteiger partial charge in [-0.15, -0.1) is 0 Å². The van der Waals surface area contributed by atoms with Crippen molar-refractivity contribution in [3.8, 4) is 0 Å². The number of aromatic nitrogens is 2. The Bertz CT molecular complexity index is 1710. The summed E-state index contributed by atoms with van der Waals surface area (Å²) in [4.78, 5) is 26.1. The Morgan fingerprint density at radius 2 is 1.93 bits per heavy atom. The lowest BCUT2D eigenvalue weighted by Gasteiger charge is -2.31. The molecular formula is C30H31ClFN7O3S. The molecule has 1 fully saturated rings. The maximum atomic E-state index is 14.2. The van der Waals surface area contributed by atoms with Crippen LogP contribution in [-0.4, -0.2) is 47.9 Å². The first-order valence-corrected chi connectivity index (χ1v) is 16.0. The maximum absolute atomic E-state index is 14.2. The Labute approximate surface area is 254 Å². The molecule has 10 nitrogen and oxygen atoms in total. The fourth-order valence-electron chi connectivity index (χ4n) is 5.65. The quantitative estimate of drug-likeness (QED) is 0.331. The van der Waals surface area contributed by atoms with Crippen LogP contribution in [-0.2, 0) is 21.2 Å². The third-order valence-electron chi connectivity index (χ3n) is 7.95. The summed E-state index contributed by atoms with van der Waals surface area (Å²) in [6, 6.07) is 11.1. The van der Waals surface area contributed by atoms with Gasteiger partial charge in [0.15, 0.2) is 5.82 Å². The van der Waals surface area contributed by atoms with Crippen molar-refractivity contribution in [3.63, 3.8) is 0 Å². The largest absolute Gasteiger partial charge is 0.339 e. The summed E-state index contributed by atoms with van der Waals surface area (Å²) in [7, 11) is -3.93. The highest BCUT2D eigenvalue weighted by Gasteiger charge is 2.32. The van der Waals surface area contributed by atoms with Gasteiger partial charge in [0.2, 0.25) is 21.9 Å². The van der Waals surface area contributed by atoms with E-state index in [-0.39, 0.29) is 42.1 Å². The lowest BCUT2D eigenvalue weighted by molar-refractivity contribution is -0.117. The highest BCUT2D eigenvalue weighted by molar-refractivity contribution is 7.89. The smallest absolute Gasteiger partial charge is 0.245 e. The summed E-state index contributed by atoms with van der Waals surface area (Å²) >= 11 is 6.37. The third kappa shape index (κ3) is 6.71. The van der Waals surface area contributed by atoms with Crippen molar-refractivity contribution in [1.82, 2.24) is 14.3 Å². The molecule has 0 aliphatic carbocycles. The van der Waals surface area contributed by atoms with E-state index in [1.54, 1.807) is 12.4 Å². The maximum Gasteiger partial charge on any atom is 0.245 e. The van der Waals surface area contributed by atoms with Crippen LogP contribution in [0.25, 0.3) is 0 Å². The molecule has 0 radical (unpaired) electrons. The zero-order chi connectivity index (χ0) is 30.0. The van der Waals surface area contributed by atoms with Crippen LogP contribution < -0.4 is 16.0 Å². The molecule has 1 unspecified atom stereocenters. The molecule has 6 bridgehead atoms. The number of carbonyl (C=O) groups is 1. The van der Waals surface area contributed by atoms with Crippen LogP contribution in [0.4, 0.5) is 27.5 Å². The van der Waals surface area contributed by atoms with E-state index >= 15 is 0 Å². The third-order valence-corrected chi connectivity index (χ3v) is 10.2. The van der Waals surface area contributed by atoms with Crippen molar-refractivity contribution < 1.29 is 17.6 Å². The van der Waals surface area contributed by atoms with Crippen LogP contribution in [0.2, 0.25) is 5.02 Å². The minimum atomic E-state index is -3.93. The van der Waals surface area contributed by atoms with Crippen LogP contribution in [0, 0.1) is 17.7 Å². The van der Waals surface area contributed by atoms with Gasteiger partial charge >= 0.3 is 0 Å². The Morgan fingerprint density at radius 3 is 2.74 bits per heavy atom. The predicted molar refractivity (Wildman–Crippen MR) is 165 cm³/mol. The molecule has 3 N–H and O–H groups in total. The first-order valence-electron chi connectivity index (χ1n) is 14.2. The van der Waals surface area contributed by atoms with Crippen molar-refractivity contribution in [2.24, 2.45) is 16.8 Å². The molecule has 0 spiro atoms. The second-order valence-electron chi connectivity index (χ2n) is 11.0. The average Bonchev–Trinajstić information content (AvgIpc) is 2.99. The molecule has 3 aliphatic heterocycles. The number of carbonyl (C=O) groups excluding carboxylic acids is 1. The average molecular weight is 624 g/mol. The van der Waals surface area contributed by atoms with Crippen LogP contribution in [0.5, 0.6) is 0 Å². The molecule has 6 rings (SSSR count). The van der Waals surface area contributed by atoms with Gasteiger partial charge in [0, 0.05) is 54.9 Å². The Balaban J connectivity index is 1.13. The number of piperidine rings is 1. The number of fused-ring (bicyclic) bond motifs is 6. The van der Waals surface area contributed by atoms with Gasteiger partial charge in [0.25, 0.3) is 0 Å². The second-order valence-corrected chi connectivity index (χ2v) is 13.3. The number of hydrogen-bond acceptors (Lipinski definition) is 8. The zero-order valence-electron chi connectivity index (χ0n) is 23.3. The monoisotopic (exact) mass is 623 g/mol. The van der Waals surface area contributed by atoms with Crippen LogP contribution in [0.15, 0.2) is 70.4 Å². The molecule has 1 atom stereocenters.